The van der Waals surface area contributed by atoms with E-state index in [1.165, 1.54) is 0 Å². The van der Waals surface area contributed by atoms with Crippen LogP contribution >= 0.6 is 0 Å². The lowest BCUT2D eigenvalue weighted by Crippen LogP contribution is -2.41. The molecule has 0 radical (unpaired) electrons. The predicted octanol–water partition coefficient (Wildman–Crippen LogP) is 0.856. The summed E-state index contributed by atoms with van der Waals surface area (Å²) in [5, 5.41) is 26.4. The molecule has 0 amide bonds. The van der Waals surface area contributed by atoms with Crippen LogP contribution < -0.4 is 10.5 Å². The Balaban J connectivity index is 0.000000409. The highest BCUT2D eigenvalue weighted by atomic mass is 16.5. The number of aromatic nitrogens is 1. The molecule has 1 aromatic carbocycles. The third-order valence-electron chi connectivity index (χ3n) is 4.59. The summed E-state index contributed by atoms with van der Waals surface area (Å²) >= 11 is 0. The fourth-order valence-electron chi connectivity index (χ4n) is 3.04. The Hall–Kier alpha value is -2.75. The van der Waals surface area contributed by atoms with Gasteiger partial charge in [0.2, 0.25) is 0 Å². The van der Waals surface area contributed by atoms with Gasteiger partial charge in [-0.3, -0.25) is 4.98 Å². The van der Waals surface area contributed by atoms with Crippen LogP contribution in [0.4, 0.5) is 0 Å². The number of aliphatic carboxylic acids is 2. The lowest BCUT2D eigenvalue weighted by atomic mass is 10.0. The van der Waals surface area contributed by atoms with Gasteiger partial charge in [0.15, 0.2) is 0 Å². The molecule has 0 saturated carbocycles. The molecular weight excluding hydrogens is 366 g/mol. The van der Waals surface area contributed by atoms with Crippen LogP contribution in [0.2, 0.25) is 0 Å². The molecule has 0 aliphatic carbocycles. The number of pyridine rings is 1. The smallest absolute Gasteiger partial charge is 0.414 e. The first kappa shape index (κ1) is 21.5. The predicted molar refractivity (Wildman–Crippen MR) is 102 cm³/mol. The molecule has 0 unspecified atom stereocenters. The number of piperidine rings is 1. The number of likely N-dealkylation sites (tertiary alicyclic amines) is 1. The van der Waals surface area contributed by atoms with Gasteiger partial charge >= 0.3 is 11.9 Å². The molecule has 1 fully saturated rings. The van der Waals surface area contributed by atoms with Gasteiger partial charge in [-0.1, -0.05) is 0 Å². The van der Waals surface area contributed by atoms with E-state index in [2.05, 4.69) is 9.88 Å². The Morgan fingerprint density at radius 2 is 1.89 bits per heavy atom. The van der Waals surface area contributed by atoms with Crippen LogP contribution in [-0.4, -0.2) is 69.9 Å². The number of nitrogens with two attached hydrogens (primary N) is 1. The molecule has 1 atom stereocenters. The maximum absolute atomic E-state index is 10.7. The number of hydrogen-bond donors (Lipinski definition) is 4. The zero-order chi connectivity index (χ0) is 20.7. The average Bonchev–Trinajstić information content (AvgIpc) is 2.69. The van der Waals surface area contributed by atoms with Crippen molar-refractivity contribution in [2.75, 3.05) is 26.7 Å². The standard InChI is InChI=1S/C17H23N3O2.C2H2O4/c1-22-13-2-3-16-15(10-13)14(4-7-19-16)17(21)11-20-8-5-12(18)6-9-20;3-1(4)2(5)6/h2-4,7,10,12,17,21H,5-6,8-9,11,18H2,1H3;(H,3,4)(H,5,6)/t17-;/m0./s1. The van der Waals surface area contributed by atoms with Gasteiger partial charge in [0, 0.05) is 24.2 Å². The van der Waals surface area contributed by atoms with Crippen LogP contribution in [0.3, 0.4) is 0 Å². The Morgan fingerprint density at radius 1 is 1.25 bits per heavy atom. The first-order valence-corrected chi connectivity index (χ1v) is 8.86. The summed E-state index contributed by atoms with van der Waals surface area (Å²) in [4.78, 5) is 24.8. The summed E-state index contributed by atoms with van der Waals surface area (Å²) in [6.45, 7) is 2.53. The van der Waals surface area contributed by atoms with Crippen molar-refractivity contribution in [3.05, 3.63) is 36.0 Å². The van der Waals surface area contributed by atoms with Crippen molar-refractivity contribution < 1.29 is 29.6 Å². The highest BCUT2D eigenvalue weighted by molar-refractivity contribution is 6.27. The number of carboxylic acids is 2. The summed E-state index contributed by atoms with van der Waals surface area (Å²) in [5.41, 5.74) is 7.71. The molecule has 1 aliphatic rings. The number of rotatable bonds is 4. The second kappa shape index (κ2) is 9.98. The van der Waals surface area contributed by atoms with Crippen LogP contribution in [0.5, 0.6) is 5.75 Å². The van der Waals surface area contributed by atoms with Gasteiger partial charge in [-0.15, -0.1) is 0 Å². The summed E-state index contributed by atoms with van der Waals surface area (Å²) in [7, 11) is 1.64. The van der Waals surface area contributed by atoms with Crippen LogP contribution in [0.25, 0.3) is 10.9 Å². The molecule has 9 nitrogen and oxygen atoms in total. The number of hydrogen-bond acceptors (Lipinski definition) is 7. The maximum atomic E-state index is 10.7. The highest BCUT2D eigenvalue weighted by Crippen LogP contribution is 2.27. The minimum absolute atomic E-state index is 0.305. The fraction of sp³-hybridized carbons (Fsp3) is 0.421. The molecule has 1 aliphatic heterocycles. The van der Waals surface area contributed by atoms with Gasteiger partial charge in [0.1, 0.15) is 5.75 Å². The van der Waals surface area contributed by atoms with Crippen molar-refractivity contribution in [1.29, 1.82) is 0 Å². The topological polar surface area (TPSA) is 146 Å². The van der Waals surface area contributed by atoms with Crippen LogP contribution in [0.1, 0.15) is 24.5 Å². The number of benzene rings is 1. The molecule has 3 rings (SSSR count). The van der Waals surface area contributed by atoms with Crippen molar-refractivity contribution in [3.63, 3.8) is 0 Å². The number of aliphatic hydroxyl groups excluding tert-OH is 1. The summed E-state index contributed by atoms with van der Waals surface area (Å²) in [6.07, 6.45) is 3.21. The number of fused-ring (bicyclic) bond motifs is 1. The molecule has 28 heavy (non-hydrogen) atoms. The molecule has 5 N–H and O–H groups in total. The second-order valence-electron chi connectivity index (χ2n) is 6.55. The van der Waals surface area contributed by atoms with E-state index in [0.717, 1.165) is 48.1 Å². The number of β-amino-alcohol motifs (C(OH)–C–C–N with tert-alkyl or cyclic N) is 1. The van der Waals surface area contributed by atoms with Crippen molar-refractivity contribution in [2.45, 2.75) is 25.0 Å². The minimum atomic E-state index is -1.82. The van der Waals surface area contributed by atoms with Crippen LogP contribution in [0.15, 0.2) is 30.5 Å². The van der Waals surface area contributed by atoms with Gasteiger partial charge < -0.3 is 30.7 Å². The molecule has 9 heteroatoms. The van der Waals surface area contributed by atoms with Gasteiger partial charge in [-0.25, -0.2) is 9.59 Å². The van der Waals surface area contributed by atoms with Gasteiger partial charge in [-0.05, 0) is 55.8 Å². The molecule has 2 aromatic rings. The first-order valence-electron chi connectivity index (χ1n) is 8.86. The average molecular weight is 391 g/mol. The SMILES string of the molecule is COc1ccc2nccc([C@@H](O)CN3CCC(N)CC3)c2c1.O=C(O)C(=O)O. The van der Waals surface area contributed by atoms with Gasteiger partial charge in [0.25, 0.3) is 0 Å². The van der Waals surface area contributed by atoms with E-state index in [1.54, 1.807) is 13.3 Å². The van der Waals surface area contributed by atoms with E-state index in [-0.39, 0.29) is 0 Å². The van der Waals surface area contributed by atoms with Crippen molar-refractivity contribution in [2.24, 2.45) is 5.73 Å². The molecule has 0 spiro atoms. The fourth-order valence-corrected chi connectivity index (χ4v) is 3.04. The Labute approximate surface area is 162 Å². The van der Waals surface area contributed by atoms with Gasteiger partial charge in [0.05, 0.1) is 18.7 Å². The van der Waals surface area contributed by atoms with E-state index in [1.807, 2.05) is 24.3 Å². The van der Waals surface area contributed by atoms with Crippen LogP contribution in [-0.2, 0) is 9.59 Å². The van der Waals surface area contributed by atoms with E-state index in [0.29, 0.717) is 12.6 Å². The number of ether oxygens (including phenoxy) is 1. The molecule has 2 heterocycles. The number of carboxylic acid groups (broad SMARTS) is 2. The highest BCUT2D eigenvalue weighted by Gasteiger charge is 2.20. The number of methoxy groups -OCH3 is 1. The molecule has 1 aromatic heterocycles. The number of aliphatic hydroxyl groups is 1. The summed E-state index contributed by atoms with van der Waals surface area (Å²) < 4.78 is 5.29. The molecule has 0 bridgehead atoms. The second-order valence-corrected chi connectivity index (χ2v) is 6.55. The van der Waals surface area contributed by atoms with E-state index in [9.17, 15) is 5.11 Å². The third kappa shape index (κ3) is 5.88. The number of carbonyl (C=O) groups is 2. The zero-order valence-corrected chi connectivity index (χ0v) is 15.6. The lowest BCUT2D eigenvalue weighted by Gasteiger charge is -2.31. The largest absolute Gasteiger partial charge is 0.497 e. The van der Waals surface area contributed by atoms with Gasteiger partial charge in [-0.2, -0.15) is 0 Å². The maximum Gasteiger partial charge on any atom is 0.414 e. The van der Waals surface area contributed by atoms with E-state index < -0.39 is 18.0 Å². The Morgan fingerprint density at radius 3 is 2.46 bits per heavy atom. The number of nitrogens with zero attached hydrogens (tertiary/aromatic N) is 2. The van der Waals surface area contributed by atoms with Crippen molar-refractivity contribution in [3.8, 4) is 5.75 Å². The third-order valence-corrected chi connectivity index (χ3v) is 4.59. The van der Waals surface area contributed by atoms with Crippen molar-refractivity contribution in [1.82, 2.24) is 9.88 Å². The first-order chi connectivity index (χ1) is 13.3. The Bertz CT molecular complexity index is 808. The van der Waals surface area contributed by atoms with Crippen molar-refractivity contribution >= 4 is 22.8 Å². The van der Waals surface area contributed by atoms with E-state index in [4.69, 9.17) is 30.3 Å². The zero-order valence-electron chi connectivity index (χ0n) is 15.6. The summed E-state index contributed by atoms with van der Waals surface area (Å²) in [6, 6.07) is 7.94. The monoisotopic (exact) mass is 391 g/mol. The molecule has 1 saturated heterocycles. The quantitative estimate of drug-likeness (QED) is 0.557. The van der Waals surface area contributed by atoms with E-state index >= 15 is 0 Å². The summed E-state index contributed by atoms with van der Waals surface area (Å²) in [5.74, 6) is -2.87. The Kier molecular flexibility index (Phi) is 7.68. The normalized spacial score (nSPS) is 16.1. The molecule has 152 valence electrons. The minimum Gasteiger partial charge on any atom is -0.497 e. The molecular formula is C19H25N3O6. The lowest BCUT2D eigenvalue weighted by molar-refractivity contribution is -0.159. The van der Waals surface area contributed by atoms with Crippen LogP contribution in [0, 0.1) is 0 Å².